The van der Waals surface area contributed by atoms with Crippen molar-refractivity contribution in [2.24, 2.45) is 29.4 Å². The molecule has 3 N–H and O–H groups in total. The van der Waals surface area contributed by atoms with Crippen LogP contribution < -0.4 is 11.1 Å². The number of nitrogens with zero attached hydrogens (tertiary/aromatic N) is 1. The maximum Gasteiger partial charge on any atom is 0.227 e. The number of hydrogen-bond donors (Lipinski definition) is 2. The van der Waals surface area contributed by atoms with E-state index in [4.69, 9.17) is 5.73 Å². The Balaban J connectivity index is 1.22. The first kappa shape index (κ1) is 18.0. The highest BCUT2D eigenvalue weighted by Gasteiger charge is 2.50. The van der Waals surface area contributed by atoms with Crippen molar-refractivity contribution in [1.29, 1.82) is 0 Å². The fraction of sp³-hybridized carbons (Fsp3) is 0.700. The molecule has 4 rings (SSSR count). The Morgan fingerprint density at radius 2 is 1.96 bits per heavy atom. The molecule has 0 aromatic carbocycles. The van der Waals surface area contributed by atoms with E-state index in [2.05, 4.69) is 16.8 Å². The van der Waals surface area contributed by atoms with Crippen molar-refractivity contribution < 1.29 is 9.59 Å². The van der Waals surface area contributed by atoms with E-state index in [0.717, 1.165) is 32.1 Å². The van der Waals surface area contributed by atoms with E-state index in [0.29, 0.717) is 31.5 Å². The Morgan fingerprint density at radius 3 is 2.62 bits per heavy atom. The van der Waals surface area contributed by atoms with Crippen LogP contribution in [0.4, 0.5) is 0 Å². The lowest BCUT2D eigenvalue weighted by molar-refractivity contribution is -0.141. The van der Waals surface area contributed by atoms with Gasteiger partial charge in [-0.15, -0.1) is 11.3 Å². The van der Waals surface area contributed by atoms with Crippen LogP contribution in [0.25, 0.3) is 0 Å². The number of likely N-dealkylation sites (tertiary alicyclic amines) is 1. The third-order valence-corrected chi connectivity index (χ3v) is 7.63. The van der Waals surface area contributed by atoms with E-state index in [1.807, 2.05) is 11.0 Å². The van der Waals surface area contributed by atoms with Crippen molar-refractivity contribution in [3.63, 3.8) is 0 Å². The zero-order valence-electron chi connectivity index (χ0n) is 15.2. The Bertz CT molecular complexity index is 637. The second kappa shape index (κ2) is 7.69. The zero-order valence-corrected chi connectivity index (χ0v) is 16.0. The van der Waals surface area contributed by atoms with Crippen LogP contribution in [-0.2, 0) is 16.0 Å². The molecule has 1 saturated heterocycles. The van der Waals surface area contributed by atoms with Crippen LogP contribution in [0.1, 0.15) is 37.0 Å². The van der Waals surface area contributed by atoms with Gasteiger partial charge in [-0.05, 0) is 61.8 Å². The Morgan fingerprint density at radius 1 is 1.19 bits per heavy atom. The molecule has 5 nitrogen and oxygen atoms in total. The molecule has 2 aliphatic carbocycles. The van der Waals surface area contributed by atoms with Gasteiger partial charge >= 0.3 is 0 Å². The molecule has 1 aromatic heterocycles. The number of rotatable bonds is 5. The molecule has 3 fully saturated rings. The average Bonchev–Trinajstić information content (AvgIpc) is 3.39. The van der Waals surface area contributed by atoms with Crippen molar-refractivity contribution in [1.82, 2.24) is 10.2 Å². The first-order chi connectivity index (χ1) is 12.6. The molecule has 2 amide bonds. The third-order valence-electron chi connectivity index (χ3n) is 6.69. The lowest BCUT2D eigenvalue weighted by Gasteiger charge is -2.36. The highest BCUT2D eigenvalue weighted by atomic mass is 32.1. The fourth-order valence-electron chi connectivity index (χ4n) is 5.18. The molecule has 4 unspecified atom stereocenters. The predicted molar refractivity (Wildman–Crippen MR) is 103 cm³/mol. The summed E-state index contributed by atoms with van der Waals surface area (Å²) in [4.78, 5) is 28.6. The molecule has 142 valence electrons. The van der Waals surface area contributed by atoms with Crippen molar-refractivity contribution >= 4 is 23.2 Å². The summed E-state index contributed by atoms with van der Waals surface area (Å²) in [7, 11) is 0. The molecule has 6 heteroatoms. The molecule has 26 heavy (non-hydrogen) atoms. The van der Waals surface area contributed by atoms with E-state index in [1.54, 1.807) is 11.3 Å². The SMILES string of the molecule is NC1C2CCC(C2)C1C(=O)N1CCC(C(=O)NCCc2cccs2)CC1. The monoisotopic (exact) mass is 375 g/mol. The van der Waals surface area contributed by atoms with E-state index >= 15 is 0 Å². The summed E-state index contributed by atoms with van der Waals surface area (Å²) in [5.41, 5.74) is 6.33. The summed E-state index contributed by atoms with van der Waals surface area (Å²) in [6.45, 7) is 2.09. The van der Waals surface area contributed by atoms with Crippen molar-refractivity contribution in [3.8, 4) is 0 Å². The van der Waals surface area contributed by atoms with Gasteiger partial charge in [-0.2, -0.15) is 0 Å². The number of nitrogens with one attached hydrogen (secondary N) is 1. The summed E-state index contributed by atoms with van der Waals surface area (Å²) < 4.78 is 0. The molecule has 1 aliphatic heterocycles. The Hall–Kier alpha value is -1.40. The van der Waals surface area contributed by atoms with E-state index < -0.39 is 0 Å². The van der Waals surface area contributed by atoms with Crippen LogP contribution in [-0.4, -0.2) is 42.4 Å². The van der Waals surface area contributed by atoms with Crippen LogP contribution in [0.2, 0.25) is 0 Å². The third kappa shape index (κ3) is 3.54. The second-order valence-electron chi connectivity index (χ2n) is 8.16. The highest BCUT2D eigenvalue weighted by Crippen LogP contribution is 2.48. The molecule has 4 atom stereocenters. The number of thiophene rings is 1. The minimum Gasteiger partial charge on any atom is -0.355 e. The maximum absolute atomic E-state index is 12.9. The number of hydrogen-bond acceptors (Lipinski definition) is 4. The van der Waals surface area contributed by atoms with Gasteiger partial charge in [0.15, 0.2) is 0 Å². The van der Waals surface area contributed by atoms with Gasteiger partial charge in [0.25, 0.3) is 0 Å². The van der Waals surface area contributed by atoms with Crippen LogP contribution in [0.5, 0.6) is 0 Å². The summed E-state index contributed by atoms with van der Waals surface area (Å²) >= 11 is 1.73. The highest BCUT2D eigenvalue weighted by molar-refractivity contribution is 7.09. The molecular weight excluding hydrogens is 346 g/mol. The number of piperidine rings is 1. The van der Waals surface area contributed by atoms with E-state index in [-0.39, 0.29) is 29.7 Å². The number of amides is 2. The minimum atomic E-state index is 0.0323. The summed E-state index contributed by atoms with van der Waals surface area (Å²) in [5, 5.41) is 5.12. The molecule has 1 aromatic rings. The topological polar surface area (TPSA) is 75.4 Å². The van der Waals surface area contributed by atoms with Gasteiger partial charge in [-0.1, -0.05) is 6.07 Å². The Kier molecular flexibility index (Phi) is 5.32. The molecule has 0 radical (unpaired) electrons. The maximum atomic E-state index is 12.9. The summed E-state index contributed by atoms with van der Waals surface area (Å²) in [6.07, 6.45) is 5.93. The van der Waals surface area contributed by atoms with Crippen LogP contribution in [0.3, 0.4) is 0 Å². The Labute approximate surface area is 159 Å². The molecular formula is C20H29N3O2S. The van der Waals surface area contributed by atoms with Crippen LogP contribution in [0.15, 0.2) is 17.5 Å². The lowest BCUT2D eigenvalue weighted by atomic mass is 9.83. The van der Waals surface area contributed by atoms with Gasteiger partial charge in [0.05, 0.1) is 5.92 Å². The summed E-state index contributed by atoms with van der Waals surface area (Å²) in [5.74, 6) is 1.52. The largest absolute Gasteiger partial charge is 0.355 e. The zero-order chi connectivity index (χ0) is 18.1. The van der Waals surface area contributed by atoms with Gasteiger partial charge < -0.3 is 16.0 Å². The van der Waals surface area contributed by atoms with Crippen molar-refractivity contribution in [2.45, 2.75) is 44.6 Å². The number of carbonyl (C=O) groups is 2. The number of carbonyl (C=O) groups excluding carboxylic acids is 2. The molecule has 2 saturated carbocycles. The first-order valence-electron chi connectivity index (χ1n) is 9.98. The number of nitrogens with two attached hydrogens (primary N) is 1. The van der Waals surface area contributed by atoms with E-state index in [9.17, 15) is 9.59 Å². The average molecular weight is 376 g/mol. The predicted octanol–water partition coefficient (Wildman–Crippen LogP) is 2.02. The van der Waals surface area contributed by atoms with Crippen LogP contribution >= 0.6 is 11.3 Å². The van der Waals surface area contributed by atoms with Crippen molar-refractivity contribution in [3.05, 3.63) is 22.4 Å². The van der Waals surface area contributed by atoms with Gasteiger partial charge in [-0.25, -0.2) is 0 Å². The minimum absolute atomic E-state index is 0.0323. The van der Waals surface area contributed by atoms with Gasteiger partial charge in [0, 0.05) is 36.5 Å². The van der Waals surface area contributed by atoms with Gasteiger partial charge in [-0.3, -0.25) is 9.59 Å². The quantitative estimate of drug-likeness (QED) is 0.827. The van der Waals surface area contributed by atoms with E-state index in [1.165, 1.54) is 11.3 Å². The molecule has 2 bridgehead atoms. The standard InChI is InChI=1S/C20H29N3O2S/c21-18-15-4-3-14(12-15)17(18)20(25)23-9-6-13(7-10-23)19(24)22-8-5-16-2-1-11-26-16/h1-2,11,13-15,17-18H,3-10,12,21H2,(H,22,24). The molecule has 3 aliphatic rings. The van der Waals surface area contributed by atoms with Gasteiger partial charge in [0.1, 0.15) is 0 Å². The number of fused-ring (bicyclic) bond motifs is 2. The summed E-state index contributed by atoms with van der Waals surface area (Å²) in [6, 6.07) is 4.19. The molecule has 0 spiro atoms. The normalized spacial score (nSPS) is 31.3. The van der Waals surface area contributed by atoms with Gasteiger partial charge in [0.2, 0.25) is 11.8 Å². The van der Waals surface area contributed by atoms with Crippen molar-refractivity contribution in [2.75, 3.05) is 19.6 Å². The second-order valence-corrected chi connectivity index (χ2v) is 9.19. The smallest absolute Gasteiger partial charge is 0.227 e. The molecule has 2 heterocycles. The first-order valence-corrected chi connectivity index (χ1v) is 10.9. The fourth-order valence-corrected chi connectivity index (χ4v) is 5.89. The van der Waals surface area contributed by atoms with Crippen LogP contribution in [0, 0.1) is 23.7 Å². The lowest BCUT2D eigenvalue weighted by Crippen LogP contribution is -2.50.